The molecule has 0 aromatic rings. The maximum atomic E-state index is 11.8. The molecule has 0 unspecified atom stereocenters. The Morgan fingerprint density at radius 1 is 1.33 bits per heavy atom. The van der Waals surface area contributed by atoms with Crippen molar-refractivity contribution in [2.24, 2.45) is 11.7 Å². The first kappa shape index (κ1) is 12.9. The highest BCUT2D eigenvalue weighted by Gasteiger charge is 2.24. The van der Waals surface area contributed by atoms with E-state index in [0.717, 1.165) is 6.42 Å². The molecule has 0 heterocycles. The second-order valence-electron chi connectivity index (χ2n) is 4.39. The van der Waals surface area contributed by atoms with E-state index in [-0.39, 0.29) is 5.75 Å². The smallest absolute Gasteiger partial charge is 0.213 e. The molecule has 4 nitrogen and oxygen atoms in total. The first-order chi connectivity index (χ1) is 7.06. The van der Waals surface area contributed by atoms with Crippen LogP contribution in [0.2, 0.25) is 0 Å². The van der Waals surface area contributed by atoms with Gasteiger partial charge in [0.25, 0.3) is 0 Å². The third kappa shape index (κ3) is 4.09. The van der Waals surface area contributed by atoms with Gasteiger partial charge in [0.1, 0.15) is 0 Å². The number of rotatable bonds is 7. The zero-order valence-electron chi connectivity index (χ0n) is 9.48. The average molecular weight is 234 g/mol. The minimum absolute atomic E-state index is 0.243. The lowest BCUT2D eigenvalue weighted by Gasteiger charge is -2.29. The normalized spacial score (nSPS) is 18.1. The van der Waals surface area contributed by atoms with Gasteiger partial charge in [-0.05, 0) is 38.1 Å². The summed E-state index contributed by atoms with van der Waals surface area (Å²) in [6.07, 6.45) is 5.08. The van der Waals surface area contributed by atoms with Gasteiger partial charge >= 0.3 is 0 Å². The molecule has 0 aromatic heterocycles. The lowest BCUT2D eigenvalue weighted by atomic mass is 9.86. The Kier molecular flexibility index (Phi) is 5.02. The van der Waals surface area contributed by atoms with E-state index < -0.39 is 10.0 Å². The number of unbranched alkanes of at least 4 members (excludes halogenated alkanes) is 1. The Bertz CT molecular complexity index is 273. The summed E-state index contributed by atoms with van der Waals surface area (Å²) < 4.78 is 25.1. The lowest BCUT2D eigenvalue weighted by Crippen LogP contribution is -2.35. The van der Waals surface area contributed by atoms with Crippen molar-refractivity contribution in [3.8, 4) is 0 Å². The fraction of sp³-hybridized carbons (Fsp3) is 1.00. The fourth-order valence-corrected chi connectivity index (χ4v) is 3.06. The largest absolute Gasteiger partial charge is 0.330 e. The summed E-state index contributed by atoms with van der Waals surface area (Å²) in [4.78, 5) is 0. The van der Waals surface area contributed by atoms with Gasteiger partial charge in [-0.15, -0.1) is 0 Å². The van der Waals surface area contributed by atoms with Crippen LogP contribution in [0.15, 0.2) is 0 Å². The summed E-state index contributed by atoms with van der Waals surface area (Å²) in [5, 5.41) is 0. The molecule has 90 valence electrons. The van der Waals surface area contributed by atoms with Gasteiger partial charge < -0.3 is 5.73 Å². The molecule has 0 aromatic carbocycles. The number of nitrogens with zero attached hydrogens (tertiary/aromatic N) is 1. The van der Waals surface area contributed by atoms with E-state index in [0.29, 0.717) is 25.4 Å². The number of nitrogens with two attached hydrogens (primary N) is 1. The van der Waals surface area contributed by atoms with Crippen LogP contribution in [0.1, 0.15) is 32.1 Å². The first-order valence-corrected chi connectivity index (χ1v) is 7.31. The zero-order chi connectivity index (χ0) is 11.3. The number of sulfonamides is 1. The highest BCUT2D eigenvalue weighted by atomic mass is 32.2. The van der Waals surface area contributed by atoms with Crippen LogP contribution >= 0.6 is 0 Å². The Morgan fingerprint density at radius 3 is 2.47 bits per heavy atom. The van der Waals surface area contributed by atoms with Crippen molar-refractivity contribution in [3.63, 3.8) is 0 Å². The second kappa shape index (κ2) is 5.82. The highest BCUT2D eigenvalue weighted by Crippen LogP contribution is 2.27. The van der Waals surface area contributed by atoms with Gasteiger partial charge in [-0.3, -0.25) is 0 Å². The van der Waals surface area contributed by atoms with Gasteiger partial charge in [-0.1, -0.05) is 6.42 Å². The van der Waals surface area contributed by atoms with E-state index in [1.165, 1.54) is 23.6 Å². The van der Waals surface area contributed by atoms with Crippen LogP contribution < -0.4 is 5.73 Å². The molecule has 1 rings (SSSR count). The minimum Gasteiger partial charge on any atom is -0.330 e. The highest BCUT2D eigenvalue weighted by molar-refractivity contribution is 7.89. The summed E-state index contributed by atoms with van der Waals surface area (Å²) in [7, 11) is -1.34. The second-order valence-corrected chi connectivity index (χ2v) is 6.58. The van der Waals surface area contributed by atoms with Crippen molar-refractivity contribution in [2.45, 2.75) is 32.1 Å². The molecule has 0 atom stereocenters. The van der Waals surface area contributed by atoms with E-state index in [1.807, 2.05) is 0 Å². The molecule has 1 aliphatic carbocycles. The van der Waals surface area contributed by atoms with Crippen LogP contribution in [0.3, 0.4) is 0 Å². The van der Waals surface area contributed by atoms with Gasteiger partial charge in [0.15, 0.2) is 0 Å². The Labute approximate surface area is 92.9 Å². The van der Waals surface area contributed by atoms with Gasteiger partial charge in [0.2, 0.25) is 10.0 Å². The summed E-state index contributed by atoms with van der Waals surface area (Å²) >= 11 is 0. The first-order valence-electron chi connectivity index (χ1n) is 5.70. The van der Waals surface area contributed by atoms with Gasteiger partial charge in [-0.25, -0.2) is 12.7 Å². The molecule has 15 heavy (non-hydrogen) atoms. The fourth-order valence-electron chi connectivity index (χ4n) is 1.74. The maximum absolute atomic E-state index is 11.8. The summed E-state index contributed by atoms with van der Waals surface area (Å²) in [6, 6.07) is 0. The van der Waals surface area contributed by atoms with E-state index in [1.54, 1.807) is 7.05 Å². The minimum atomic E-state index is -3.03. The van der Waals surface area contributed by atoms with Crippen molar-refractivity contribution in [2.75, 3.05) is 25.9 Å². The van der Waals surface area contributed by atoms with Gasteiger partial charge in [0.05, 0.1) is 5.75 Å². The van der Waals surface area contributed by atoms with Crippen LogP contribution in [0.5, 0.6) is 0 Å². The Balaban J connectivity index is 2.30. The lowest BCUT2D eigenvalue weighted by molar-refractivity contribution is 0.263. The Morgan fingerprint density at radius 2 is 2.00 bits per heavy atom. The molecule has 0 radical (unpaired) electrons. The van der Waals surface area contributed by atoms with Crippen molar-refractivity contribution in [1.29, 1.82) is 0 Å². The molecule has 1 aliphatic rings. The third-order valence-corrected chi connectivity index (χ3v) is 4.97. The van der Waals surface area contributed by atoms with Crippen LogP contribution in [0.25, 0.3) is 0 Å². The van der Waals surface area contributed by atoms with Gasteiger partial charge in [-0.2, -0.15) is 0 Å². The predicted molar refractivity (Wildman–Crippen MR) is 62.0 cm³/mol. The molecule has 1 fully saturated rings. The van der Waals surface area contributed by atoms with Crippen molar-refractivity contribution >= 4 is 10.0 Å². The summed E-state index contributed by atoms with van der Waals surface area (Å²) in [5.41, 5.74) is 5.34. The topological polar surface area (TPSA) is 63.4 Å². The number of hydrogen-bond donors (Lipinski definition) is 1. The Hall–Kier alpha value is -0.130. The molecule has 5 heteroatoms. The van der Waals surface area contributed by atoms with Crippen molar-refractivity contribution in [1.82, 2.24) is 4.31 Å². The van der Waals surface area contributed by atoms with Crippen LogP contribution in [-0.4, -0.2) is 38.6 Å². The van der Waals surface area contributed by atoms with Crippen molar-refractivity contribution < 1.29 is 8.42 Å². The van der Waals surface area contributed by atoms with Crippen LogP contribution in [0.4, 0.5) is 0 Å². The SMILES string of the molecule is CN(CC1CCC1)S(=O)(=O)CCCCN. The predicted octanol–water partition coefficient (Wildman–Crippen LogP) is 0.787. The summed E-state index contributed by atoms with van der Waals surface area (Å²) in [5.74, 6) is 0.840. The van der Waals surface area contributed by atoms with E-state index in [2.05, 4.69) is 0 Å². The zero-order valence-corrected chi connectivity index (χ0v) is 10.3. The van der Waals surface area contributed by atoms with E-state index >= 15 is 0 Å². The molecule has 0 amide bonds. The molecule has 1 saturated carbocycles. The van der Waals surface area contributed by atoms with Crippen LogP contribution in [0, 0.1) is 5.92 Å². The van der Waals surface area contributed by atoms with Crippen LogP contribution in [-0.2, 0) is 10.0 Å². The van der Waals surface area contributed by atoms with E-state index in [9.17, 15) is 8.42 Å². The standard InChI is InChI=1S/C10H22N2O2S/c1-12(9-10-5-4-6-10)15(13,14)8-3-2-7-11/h10H,2-9,11H2,1H3. The monoisotopic (exact) mass is 234 g/mol. The van der Waals surface area contributed by atoms with Gasteiger partial charge in [0, 0.05) is 13.6 Å². The molecular weight excluding hydrogens is 212 g/mol. The summed E-state index contributed by atoms with van der Waals surface area (Å²) in [6.45, 7) is 1.27. The average Bonchev–Trinajstić information content (AvgIpc) is 2.11. The molecular formula is C10H22N2O2S. The maximum Gasteiger partial charge on any atom is 0.213 e. The molecule has 2 N–H and O–H groups in total. The van der Waals surface area contributed by atoms with Crippen molar-refractivity contribution in [3.05, 3.63) is 0 Å². The number of hydrogen-bond acceptors (Lipinski definition) is 3. The quantitative estimate of drug-likeness (QED) is 0.662. The molecule has 0 aliphatic heterocycles. The third-order valence-electron chi connectivity index (χ3n) is 3.07. The molecule has 0 spiro atoms. The molecule has 0 bridgehead atoms. The van der Waals surface area contributed by atoms with E-state index in [4.69, 9.17) is 5.73 Å². The molecule has 0 saturated heterocycles.